The molecule has 1 aliphatic rings. The lowest BCUT2D eigenvalue weighted by Crippen LogP contribution is -2.38. The van der Waals surface area contributed by atoms with Gasteiger partial charge in [-0.2, -0.15) is 0 Å². The van der Waals surface area contributed by atoms with E-state index in [1.54, 1.807) is 0 Å². The summed E-state index contributed by atoms with van der Waals surface area (Å²) in [5.74, 6) is 1.18. The van der Waals surface area contributed by atoms with Gasteiger partial charge >= 0.3 is 0 Å². The molecule has 0 bridgehead atoms. The van der Waals surface area contributed by atoms with Gasteiger partial charge in [0, 0.05) is 19.5 Å². The van der Waals surface area contributed by atoms with Crippen molar-refractivity contribution in [1.29, 1.82) is 0 Å². The molecule has 0 aromatic carbocycles. The molecular weight excluding hydrogens is 200 g/mol. The highest BCUT2D eigenvalue weighted by molar-refractivity contribution is 5.76. The van der Waals surface area contributed by atoms with Gasteiger partial charge in [-0.3, -0.25) is 4.79 Å². The molecule has 3 nitrogen and oxygen atoms in total. The first-order valence-corrected chi connectivity index (χ1v) is 6.76. The molecule has 16 heavy (non-hydrogen) atoms. The van der Waals surface area contributed by atoms with Crippen molar-refractivity contribution in [3.05, 3.63) is 0 Å². The predicted octanol–water partition coefficient (Wildman–Crippen LogP) is 2.02. The molecule has 0 aromatic heterocycles. The maximum absolute atomic E-state index is 11.7. The van der Waals surface area contributed by atoms with Gasteiger partial charge in [-0.1, -0.05) is 13.8 Å². The van der Waals surface area contributed by atoms with E-state index < -0.39 is 0 Å². The van der Waals surface area contributed by atoms with Crippen LogP contribution in [-0.2, 0) is 4.79 Å². The number of amides is 1. The van der Waals surface area contributed by atoms with Crippen molar-refractivity contribution < 1.29 is 4.79 Å². The second kappa shape index (κ2) is 7.66. The topological polar surface area (TPSA) is 32.3 Å². The highest BCUT2D eigenvalue weighted by Gasteiger charge is 2.21. The fourth-order valence-electron chi connectivity index (χ4n) is 2.33. The van der Waals surface area contributed by atoms with Gasteiger partial charge in [-0.15, -0.1) is 0 Å². The summed E-state index contributed by atoms with van der Waals surface area (Å²) >= 11 is 0. The molecule has 1 rings (SSSR count). The molecule has 94 valence electrons. The summed E-state index contributed by atoms with van der Waals surface area (Å²) in [5.41, 5.74) is 0. The normalized spacial score (nSPS) is 17.8. The molecule has 1 N–H and O–H groups in total. The molecule has 0 atom stereocenters. The first-order valence-electron chi connectivity index (χ1n) is 6.76. The molecule has 0 saturated carbocycles. The maximum Gasteiger partial charge on any atom is 0.222 e. The van der Waals surface area contributed by atoms with Gasteiger partial charge in [0.15, 0.2) is 0 Å². The first-order chi connectivity index (χ1) is 7.77. The van der Waals surface area contributed by atoms with Crippen LogP contribution in [0.15, 0.2) is 0 Å². The van der Waals surface area contributed by atoms with Gasteiger partial charge in [0.1, 0.15) is 0 Å². The Labute approximate surface area is 99.6 Å². The standard InChI is InChI=1S/C13H26N2O/c1-3-5-13(16)15-10-7-12(8-11-15)6-9-14-4-2/h12,14H,3-11H2,1-2H3. The van der Waals surface area contributed by atoms with Crippen molar-refractivity contribution in [2.75, 3.05) is 26.2 Å². The molecular formula is C13H26N2O. The van der Waals surface area contributed by atoms with Crippen LogP contribution in [-0.4, -0.2) is 37.0 Å². The van der Waals surface area contributed by atoms with E-state index in [0.29, 0.717) is 5.91 Å². The van der Waals surface area contributed by atoms with Crippen LogP contribution in [0, 0.1) is 5.92 Å². The first kappa shape index (κ1) is 13.5. The zero-order valence-corrected chi connectivity index (χ0v) is 10.8. The molecule has 0 unspecified atom stereocenters. The molecule has 0 aliphatic carbocycles. The fourth-order valence-corrected chi connectivity index (χ4v) is 2.33. The smallest absolute Gasteiger partial charge is 0.222 e. The monoisotopic (exact) mass is 226 g/mol. The van der Waals surface area contributed by atoms with Crippen LogP contribution in [0.25, 0.3) is 0 Å². The number of likely N-dealkylation sites (tertiary alicyclic amines) is 1. The van der Waals surface area contributed by atoms with Crippen LogP contribution in [0.4, 0.5) is 0 Å². The number of carbonyl (C=O) groups excluding carboxylic acids is 1. The van der Waals surface area contributed by atoms with Crippen LogP contribution < -0.4 is 5.32 Å². The molecule has 0 aromatic rings. The van der Waals surface area contributed by atoms with E-state index in [9.17, 15) is 4.79 Å². The van der Waals surface area contributed by atoms with E-state index in [4.69, 9.17) is 0 Å². The molecule has 1 amide bonds. The lowest BCUT2D eigenvalue weighted by Gasteiger charge is -2.32. The molecule has 0 spiro atoms. The van der Waals surface area contributed by atoms with Crippen molar-refractivity contribution >= 4 is 5.91 Å². The summed E-state index contributed by atoms with van der Waals surface area (Å²) in [6, 6.07) is 0. The second-order valence-corrected chi connectivity index (χ2v) is 4.72. The summed E-state index contributed by atoms with van der Waals surface area (Å²) < 4.78 is 0. The minimum atomic E-state index is 0.354. The lowest BCUT2D eigenvalue weighted by atomic mass is 9.93. The summed E-state index contributed by atoms with van der Waals surface area (Å²) in [4.78, 5) is 13.7. The van der Waals surface area contributed by atoms with E-state index in [1.165, 1.54) is 19.3 Å². The Morgan fingerprint density at radius 3 is 2.56 bits per heavy atom. The third-order valence-corrected chi connectivity index (χ3v) is 3.41. The third-order valence-electron chi connectivity index (χ3n) is 3.41. The van der Waals surface area contributed by atoms with E-state index in [2.05, 4.69) is 19.2 Å². The Hall–Kier alpha value is -0.570. The summed E-state index contributed by atoms with van der Waals surface area (Å²) in [5, 5.41) is 3.37. The number of nitrogens with zero attached hydrogens (tertiary/aromatic N) is 1. The molecule has 1 fully saturated rings. The van der Waals surface area contributed by atoms with Crippen LogP contribution >= 0.6 is 0 Å². The van der Waals surface area contributed by atoms with Gasteiger partial charge in [0.25, 0.3) is 0 Å². The highest BCUT2D eigenvalue weighted by atomic mass is 16.2. The molecule has 1 aliphatic heterocycles. The zero-order valence-electron chi connectivity index (χ0n) is 10.8. The van der Waals surface area contributed by atoms with E-state index >= 15 is 0 Å². The molecule has 1 heterocycles. The largest absolute Gasteiger partial charge is 0.343 e. The predicted molar refractivity (Wildman–Crippen MR) is 67.4 cm³/mol. The van der Waals surface area contributed by atoms with Crippen molar-refractivity contribution in [2.45, 2.75) is 46.0 Å². The summed E-state index contributed by atoms with van der Waals surface area (Å²) in [7, 11) is 0. The Bertz CT molecular complexity index is 198. The van der Waals surface area contributed by atoms with Crippen LogP contribution in [0.3, 0.4) is 0 Å². The van der Waals surface area contributed by atoms with Crippen LogP contribution in [0.2, 0.25) is 0 Å². The van der Waals surface area contributed by atoms with Crippen molar-refractivity contribution in [3.8, 4) is 0 Å². The Balaban J connectivity index is 2.15. The quantitative estimate of drug-likeness (QED) is 0.703. The van der Waals surface area contributed by atoms with Gasteiger partial charge in [-0.25, -0.2) is 0 Å². The van der Waals surface area contributed by atoms with E-state index in [1.807, 2.05) is 4.90 Å². The number of carbonyl (C=O) groups is 1. The lowest BCUT2D eigenvalue weighted by molar-refractivity contribution is -0.132. The van der Waals surface area contributed by atoms with Crippen molar-refractivity contribution in [2.24, 2.45) is 5.92 Å². The van der Waals surface area contributed by atoms with Gasteiger partial charge in [0.2, 0.25) is 5.91 Å². The van der Waals surface area contributed by atoms with Crippen LogP contribution in [0.1, 0.15) is 46.0 Å². The Kier molecular flexibility index (Phi) is 6.46. The minimum absolute atomic E-state index is 0.354. The summed E-state index contributed by atoms with van der Waals surface area (Å²) in [6.07, 6.45) is 5.35. The number of hydrogen-bond acceptors (Lipinski definition) is 2. The highest BCUT2D eigenvalue weighted by Crippen LogP contribution is 2.20. The molecule has 3 heteroatoms. The number of hydrogen-bond donors (Lipinski definition) is 1. The third kappa shape index (κ3) is 4.52. The Morgan fingerprint density at radius 2 is 2.00 bits per heavy atom. The average Bonchev–Trinajstić information content (AvgIpc) is 2.30. The molecule has 0 radical (unpaired) electrons. The van der Waals surface area contributed by atoms with Crippen molar-refractivity contribution in [3.63, 3.8) is 0 Å². The fraction of sp³-hybridized carbons (Fsp3) is 0.923. The van der Waals surface area contributed by atoms with E-state index in [0.717, 1.165) is 44.9 Å². The van der Waals surface area contributed by atoms with Gasteiger partial charge < -0.3 is 10.2 Å². The summed E-state index contributed by atoms with van der Waals surface area (Å²) in [6.45, 7) is 8.37. The maximum atomic E-state index is 11.7. The minimum Gasteiger partial charge on any atom is -0.343 e. The van der Waals surface area contributed by atoms with Crippen molar-refractivity contribution in [1.82, 2.24) is 10.2 Å². The van der Waals surface area contributed by atoms with E-state index in [-0.39, 0.29) is 0 Å². The van der Waals surface area contributed by atoms with Gasteiger partial charge in [-0.05, 0) is 44.7 Å². The zero-order chi connectivity index (χ0) is 11.8. The molecule has 1 saturated heterocycles. The SMILES string of the molecule is CCCC(=O)N1CCC(CCNCC)CC1. The second-order valence-electron chi connectivity index (χ2n) is 4.72. The number of nitrogens with one attached hydrogen (secondary N) is 1. The van der Waals surface area contributed by atoms with Gasteiger partial charge in [0.05, 0.1) is 0 Å². The number of rotatable bonds is 6. The Morgan fingerprint density at radius 1 is 1.31 bits per heavy atom. The average molecular weight is 226 g/mol. The number of piperidine rings is 1. The van der Waals surface area contributed by atoms with Crippen LogP contribution in [0.5, 0.6) is 0 Å².